The summed E-state index contributed by atoms with van der Waals surface area (Å²) in [5, 5.41) is 9.78. The minimum absolute atomic E-state index is 0.171. The van der Waals surface area contributed by atoms with Gasteiger partial charge in [-0.2, -0.15) is 0 Å². The average Bonchev–Trinajstić information content (AvgIpc) is 1.81. The molecule has 0 heterocycles. The van der Waals surface area contributed by atoms with Crippen molar-refractivity contribution < 1.29 is 14.7 Å². The number of rotatable bonds is 3. The lowest BCUT2D eigenvalue weighted by atomic mass is 10.1. The number of halogens is 1. The van der Waals surface area contributed by atoms with Gasteiger partial charge in [-0.05, 0) is 17.5 Å². The Morgan fingerprint density at radius 1 is 1.45 bits per heavy atom. The Labute approximate surface area is 69.5 Å². The zero-order chi connectivity index (χ0) is 9.02. The van der Waals surface area contributed by atoms with Crippen LogP contribution in [0.1, 0.15) is 13.8 Å². The largest absolute Gasteiger partial charge is 0.480 e. The Morgan fingerprint density at radius 3 is 2.00 bits per heavy atom. The molecule has 0 aromatic rings. The molecule has 0 aromatic heterocycles. The zero-order valence-electron chi connectivity index (χ0n) is 6.30. The maximum Gasteiger partial charge on any atom is 0.326 e. The highest BCUT2D eigenvalue weighted by atomic mass is 35.5. The molecular weight excluding hydrogens is 170 g/mol. The number of aliphatic carboxylic acids is 1. The molecule has 0 aliphatic heterocycles. The van der Waals surface area contributed by atoms with E-state index in [0.717, 1.165) is 0 Å². The molecule has 4 nitrogen and oxygen atoms in total. The Hall–Kier alpha value is -0.770. The molecular formula is C6H10ClNO3. The second-order valence-corrected chi connectivity index (χ2v) is 2.82. The third-order valence-corrected chi connectivity index (χ3v) is 1.31. The maximum atomic E-state index is 10.4. The highest BCUT2D eigenvalue weighted by Gasteiger charge is 2.22. The van der Waals surface area contributed by atoms with Gasteiger partial charge in [-0.1, -0.05) is 13.8 Å². The van der Waals surface area contributed by atoms with Gasteiger partial charge in [-0.15, -0.1) is 0 Å². The number of hydrogen-bond acceptors (Lipinski definition) is 2. The van der Waals surface area contributed by atoms with Crippen molar-refractivity contribution in [1.82, 2.24) is 5.32 Å². The second kappa shape index (κ2) is 4.18. The fourth-order valence-electron chi connectivity index (χ4n) is 0.636. The van der Waals surface area contributed by atoms with Crippen molar-refractivity contribution >= 4 is 22.9 Å². The molecule has 11 heavy (non-hydrogen) atoms. The minimum Gasteiger partial charge on any atom is -0.480 e. The van der Waals surface area contributed by atoms with Gasteiger partial charge in [0.25, 0.3) is 0 Å². The summed E-state index contributed by atoms with van der Waals surface area (Å²) in [5.74, 6) is -1.25. The first kappa shape index (κ1) is 10.2. The molecule has 0 spiro atoms. The predicted octanol–water partition coefficient (Wildman–Crippen LogP) is 1.04. The average molecular weight is 180 g/mol. The van der Waals surface area contributed by atoms with Crippen LogP contribution in [0.4, 0.5) is 4.79 Å². The highest BCUT2D eigenvalue weighted by molar-refractivity contribution is 6.63. The Morgan fingerprint density at radius 2 is 1.91 bits per heavy atom. The normalized spacial score (nSPS) is 12.7. The molecule has 0 bridgehead atoms. The van der Waals surface area contributed by atoms with Crippen molar-refractivity contribution in [2.45, 2.75) is 19.9 Å². The summed E-state index contributed by atoms with van der Waals surface area (Å²) in [6.45, 7) is 3.37. The van der Waals surface area contributed by atoms with E-state index in [1.165, 1.54) is 0 Å². The van der Waals surface area contributed by atoms with Gasteiger partial charge in [0.05, 0.1) is 0 Å². The van der Waals surface area contributed by atoms with Crippen LogP contribution in [0.3, 0.4) is 0 Å². The van der Waals surface area contributed by atoms with Gasteiger partial charge in [0.1, 0.15) is 6.04 Å². The third kappa shape index (κ3) is 3.83. The first-order chi connectivity index (χ1) is 4.95. The standard InChI is InChI=1S/C6H10ClNO3/c1-3(2)4(5(9)10)8-6(7)11/h3-4H,1-2H3,(H,8,11)(H,9,10). The van der Waals surface area contributed by atoms with Crippen LogP contribution in [0.15, 0.2) is 0 Å². The number of carboxylic acids is 1. The lowest BCUT2D eigenvalue weighted by Gasteiger charge is -2.15. The van der Waals surface area contributed by atoms with Crippen LogP contribution >= 0.6 is 11.6 Å². The van der Waals surface area contributed by atoms with Gasteiger partial charge in [-0.3, -0.25) is 4.79 Å². The van der Waals surface area contributed by atoms with Crippen molar-refractivity contribution in [3.63, 3.8) is 0 Å². The summed E-state index contributed by atoms with van der Waals surface area (Å²) in [4.78, 5) is 20.7. The second-order valence-electron chi connectivity index (χ2n) is 2.48. The topological polar surface area (TPSA) is 66.4 Å². The summed E-state index contributed by atoms with van der Waals surface area (Å²) < 4.78 is 0. The Bertz CT molecular complexity index is 169. The van der Waals surface area contributed by atoms with Crippen LogP contribution in [0.25, 0.3) is 0 Å². The van der Waals surface area contributed by atoms with E-state index in [1.54, 1.807) is 13.8 Å². The summed E-state index contributed by atoms with van der Waals surface area (Å²) in [6, 6.07) is -0.903. The first-order valence-electron chi connectivity index (χ1n) is 3.14. The number of hydrogen-bond donors (Lipinski definition) is 2. The molecule has 0 saturated carbocycles. The number of carbonyl (C=O) groups is 2. The van der Waals surface area contributed by atoms with Crippen LogP contribution in [0, 0.1) is 5.92 Å². The molecule has 1 amide bonds. The number of amides is 1. The van der Waals surface area contributed by atoms with E-state index in [9.17, 15) is 9.59 Å². The molecule has 1 unspecified atom stereocenters. The van der Waals surface area contributed by atoms with Gasteiger partial charge < -0.3 is 10.4 Å². The molecule has 0 fully saturated rings. The molecule has 0 radical (unpaired) electrons. The lowest BCUT2D eigenvalue weighted by Crippen LogP contribution is -2.42. The predicted molar refractivity (Wildman–Crippen MR) is 40.6 cm³/mol. The van der Waals surface area contributed by atoms with Crippen molar-refractivity contribution in [2.24, 2.45) is 5.92 Å². The van der Waals surface area contributed by atoms with Gasteiger partial charge in [0.2, 0.25) is 0 Å². The molecule has 0 saturated heterocycles. The van der Waals surface area contributed by atoms with Gasteiger partial charge >= 0.3 is 11.3 Å². The van der Waals surface area contributed by atoms with Gasteiger partial charge in [0.15, 0.2) is 0 Å². The van der Waals surface area contributed by atoms with E-state index in [1.807, 2.05) is 0 Å². The molecule has 64 valence electrons. The minimum atomic E-state index is -1.07. The monoisotopic (exact) mass is 179 g/mol. The molecule has 5 heteroatoms. The Balaban J connectivity index is 4.12. The van der Waals surface area contributed by atoms with Crippen LogP contribution in [-0.4, -0.2) is 22.5 Å². The smallest absolute Gasteiger partial charge is 0.326 e. The van der Waals surface area contributed by atoms with Crippen LogP contribution < -0.4 is 5.32 Å². The maximum absolute atomic E-state index is 10.4. The van der Waals surface area contributed by atoms with Crippen LogP contribution in [0.2, 0.25) is 0 Å². The van der Waals surface area contributed by atoms with E-state index in [2.05, 4.69) is 5.32 Å². The number of nitrogens with one attached hydrogen (secondary N) is 1. The summed E-state index contributed by atoms with van der Waals surface area (Å²) >= 11 is 4.95. The molecule has 0 aromatic carbocycles. The van der Waals surface area contributed by atoms with E-state index in [4.69, 9.17) is 16.7 Å². The first-order valence-corrected chi connectivity index (χ1v) is 3.51. The molecule has 0 aliphatic rings. The van der Waals surface area contributed by atoms with Gasteiger partial charge in [0, 0.05) is 0 Å². The zero-order valence-corrected chi connectivity index (χ0v) is 7.05. The van der Waals surface area contributed by atoms with Crippen molar-refractivity contribution in [3.8, 4) is 0 Å². The quantitative estimate of drug-likeness (QED) is 0.503. The molecule has 2 N–H and O–H groups in total. The molecule has 1 atom stereocenters. The third-order valence-electron chi connectivity index (χ3n) is 1.20. The fourth-order valence-corrected chi connectivity index (χ4v) is 0.753. The number of carbonyl (C=O) groups excluding carboxylic acids is 1. The van der Waals surface area contributed by atoms with Gasteiger partial charge in [-0.25, -0.2) is 4.79 Å². The Kier molecular flexibility index (Phi) is 3.89. The van der Waals surface area contributed by atoms with Crippen molar-refractivity contribution in [1.29, 1.82) is 0 Å². The summed E-state index contributed by atoms with van der Waals surface area (Å²) in [7, 11) is 0. The number of carboxylic acid groups (broad SMARTS) is 1. The van der Waals surface area contributed by atoms with E-state index in [0.29, 0.717) is 0 Å². The van der Waals surface area contributed by atoms with E-state index >= 15 is 0 Å². The SMILES string of the molecule is CC(C)C(NC(=O)Cl)C(=O)O. The highest BCUT2D eigenvalue weighted by Crippen LogP contribution is 2.01. The van der Waals surface area contributed by atoms with E-state index < -0.39 is 17.4 Å². The summed E-state index contributed by atoms with van der Waals surface area (Å²) in [6.07, 6.45) is 0. The van der Waals surface area contributed by atoms with Crippen molar-refractivity contribution in [3.05, 3.63) is 0 Å². The lowest BCUT2D eigenvalue weighted by molar-refractivity contribution is -0.140. The molecule has 0 aliphatic carbocycles. The van der Waals surface area contributed by atoms with E-state index in [-0.39, 0.29) is 5.92 Å². The summed E-state index contributed by atoms with van der Waals surface area (Å²) in [5.41, 5.74) is 0. The van der Waals surface area contributed by atoms with Crippen LogP contribution in [0.5, 0.6) is 0 Å². The molecule has 0 rings (SSSR count). The van der Waals surface area contributed by atoms with Crippen LogP contribution in [-0.2, 0) is 4.79 Å². The fraction of sp³-hybridized carbons (Fsp3) is 0.667. The van der Waals surface area contributed by atoms with Crippen molar-refractivity contribution in [2.75, 3.05) is 0 Å².